The van der Waals surface area contributed by atoms with Gasteiger partial charge in [-0.15, -0.1) is 0 Å². The largest absolute Gasteiger partial charge is 0.493 e. The van der Waals surface area contributed by atoms with Crippen LogP contribution in [0.3, 0.4) is 0 Å². The van der Waals surface area contributed by atoms with Gasteiger partial charge in [-0.1, -0.05) is 0 Å². The fourth-order valence-electron chi connectivity index (χ4n) is 3.83. The van der Waals surface area contributed by atoms with Crippen molar-refractivity contribution in [3.63, 3.8) is 0 Å². The first-order valence-electron chi connectivity index (χ1n) is 8.83. The van der Waals surface area contributed by atoms with Crippen molar-refractivity contribution in [2.24, 2.45) is 7.05 Å². The fourth-order valence-corrected chi connectivity index (χ4v) is 3.83. The fraction of sp³-hybridized carbons (Fsp3) is 0.474. The van der Waals surface area contributed by atoms with Crippen molar-refractivity contribution < 1.29 is 19.0 Å². The molecule has 1 atom stereocenters. The van der Waals surface area contributed by atoms with E-state index in [0.29, 0.717) is 30.2 Å². The lowest BCUT2D eigenvalue weighted by atomic mass is 10.1. The lowest BCUT2D eigenvalue weighted by Crippen LogP contribution is -2.32. The zero-order valence-electron chi connectivity index (χ0n) is 15.3. The van der Waals surface area contributed by atoms with Gasteiger partial charge in [0.2, 0.25) is 0 Å². The SMILES string of the molecule is COc1cc2c(cc1OC)-c1c(c(C(=O)NC[C@H]3CCCO3)nn1C)C2. The number of amides is 1. The highest BCUT2D eigenvalue weighted by atomic mass is 16.5. The third-order valence-corrected chi connectivity index (χ3v) is 5.11. The Labute approximate surface area is 152 Å². The number of ether oxygens (including phenoxy) is 3. The number of carbonyl (C=O) groups is 1. The van der Waals surface area contributed by atoms with Crippen molar-refractivity contribution >= 4 is 5.91 Å². The average molecular weight is 357 g/mol. The van der Waals surface area contributed by atoms with Crippen molar-refractivity contribution in [2.75, 3.05) is 27.4 Å². The highest BCUT2D eigenvalue weighted by Crippen LogP contribution is 2.43. The molecular weight excluding hydrogens is 334 g/mol. The summed E-state index contributed by atoms with van der Waals surface area (Å²) in [5.41, 5.74) is 4.53. The van der Waals surface area contributed by atoms with E-state index in [-0.39, 0.29) is 12.0 Å². The second-order valence-electron chi connectivity index (χ2n) is 6.69. The minimum absolute atomic E-state index is 0.112. The second kappa shape index (κ2) is 6.64. The van der Waals surface area contributed by atoms with Crippen molar-refractivity contribution in [1.29, 1.82) is 0 Å². The number of aryl methyl sites for hydroxylation is 1. The average Bonchev–Trinajstić information content (AvgIpc) is 3.35. The van der Waals surface area contributed by atoms with Gasteiger partial charge in [-0.2, -0.15) is 5.10 Å². The number of methoxy groups -OCH3 is 2. The molecule has 138 valence electrons. The number of fused-ring (bicyclic) bond motifs is 3. The number of benzene rings is 1. The summed E-state index contributed by atoms with van der Waals surface area (Å²) in [4.78, 5) is 12.7. The van der Waals surface area contributed by atoms with E-state index in [1.807, 2.05) is 19.2 Å². The molecule has 0 saturated carbocycles. The summed E-state index contributed by atoms with van der Waals surface area (Å²) in [5.74, 6) is 1.21. The van der Waals surface area contributed by atoms with Gasteiger partial charge in [0.25, 0.3) is 5.91 Å². The predicted octanol–water partition coefficient (Wildman–Crippen LogP) is 1.92. The van der Waals surface area contributed by atoms with Gasteiger partial charge < -0.3 is 19.5 Å². The van der Waals surface area contributed by atoms with Gasteiger partial charge in [0.05, 0.1) is 26.0 Å². The maximum absolute atomic E-state index is 12.7. The molecule has 1 aromatic carbocycles. The first-order chi connectivity index (χ1) is 12.6. The van der Waals surface area contributed by atoms with Gasteiger partial charge in [0.1, 0.15) is 0 Å². The molecule has 1 saturated heterocycles. The zero-order chi connectivity index (χ0) is 18.3. The van der Waals surface area contributed by atoms with Gasteiger partial charge in [-0.05, 0) is 30.5 Å². The highest BCUT2D eigenvalue weighted by molar-refractivity contribution is 5.97. The Hall–Kier alpha value is -2.54. The summed E-state index contributed by atoms with van der Waals surface area (Å²) in [6.45, 7) is 1.30. The van der Waals surface area contributed by atoms with E-state index >= 15 is 0 Å². The number of aromatic nitrogens is 2. The molecule has 0 spiro atoms. The minimum atomic E-state index is -0.149. The zero-order valence-corrected chi connectivity index (χ0v) is 15.3. The summed E-state index contributed by atoms with van der Waals surface area (Å²) < 4.78 is 18.2. The molecule has 7 heteroatoms. The standard InChI is InChI=1S/C19H23N3O4/c1-22-18-13-9-16(25-3)15(24-2)8-11(13)7-14(18)17(21-22)19(23)20-10-12-5-4-6-26-12/h8-9,12H,4-7,10H2,1-3H3,(H,20,23)/t12-/m1/s1. The van der Waals surface area contributed by atoms with E-state index in [4.69, 9.17) is 14.2 Å². The Kier molecular flexibility index (Phi) is 4.32. The molecule has 2 heterocycles. The Morgan fingerprint density at radius 3 is 2.81 bits per heavy atom. The summed E-state index contributed by atoms with van der Waals surface area (Å²) in [6.07, 6.45) is 2.81. The van der Waals surface area contributed by atoms with Crippen LogP contribution in [-0.4, -0.2) is 49.2 Å². The predicted molar refractivity (Wildman–Crippen MR) is 95.9 cm³/mol. The van der Waals surface area contributed by atoms with E-state index in [2.05, 4.69) is 10.4 Å². The Bertz CT molecular complexity index is 853. The van der Waals surface area contributed by atoms with Crippen LogP contribution in [0, 0.1) is 0 Å². The minimum Gasteiger partial charge on any atom is -0.493 e. The number of carbonyl (C=O) groups excluding carboxylic acids is 1. The molecule has 1 aromatic heterocycles. The Balaban J connectivity index is 1.62. The molecule has 4 rings (SSSR count). The highest BCUT2D eigenvalue weighted by Gasteiger charge is 2.31. The van der Waals surface area contributed by atoms with Gasteiger partial charge in [0.15, 0.2) is 17.2 Å². The molecule has 1 N–H and O–H groups in total. The van der Waals surface area contributed by atoms with Crippen LogP contribution in [0.25, 0.3) is 11.3 Å². The van der Waals surface area contributed by atoms with Crippen molar-refractivity contribution in [3.05, 3.63) is 29.0 Å². The summed E-state index contributed by atoms with van der Waals surface area (Å²) >= 11 is 0. The normalized spacial score (nSPS) is 17.7. The number of rotatable bonds is 5. The molecule has 1 fully saturated rings. The molecule has 0 unspecified atom stereocenters. The van der Waals surface area contributed by atoms with Crippen LogP contribution >= 0.6 is 0 Å². The number of hydrogen-bond acceptors (Lipinski definition) is 5. The van der Waals surface area contributed by atoms with Crippen LogP contribution in [-0.2, 0) is 18.2 Å². The van der Waals surface area contributed by atoms with Crippen molar-refractivity contribution in [2.45, 2.75) is 25.4 Å². The molecule has 1 amide bonds. The van der Waals surface area contributed by atoms with E-state index in [0.717, 1.165) is 41.8 Å². The first kappa shape index (κ1) is 16.9. The monoisotopic (exact) mass is 357 g/mol. The maximum atomic E-state index is 12.7. The van der Waals surface area contributed by atoms with Crippen LogP contribution in [0.1, 0.15) is 34.5 Å². The molecule has 0 radical (unpaired) electrons. The topological polar surface area (TPSA) is 74.6 Å². The number of nitrogens with zero attached hydrogens (tertiary/aromatic N) is 2. The smallest absolute Gasteiger partial charge is 0.272 e. The molecule has 0 bridgehead atoms. The van der Waals surface area contributed by atoms with Crippen LogP contribution in [0.15, 0.2) is 12.1 Å². The number of nitrogens with one attached hydrogen (secondary N) is 1. The third-order valence-electron chi connectivity index (χ3n) is 5.11. The Morgan fingerprint density at radius 2 is 2.12 bits per heavy atom. The van der Waals surface area contributed by atoms with Gasteiger partial charge in [-0.25, -0.2) is 0 Å². The van der Waals surface area contributed by atoms with Crippen LogP contribution in [0.5, 0.6) is 11.5 Å². The third kappa shape index (κ3) is 2.72. The maximum Gasteiger partial charge on any atom is 0.272 e. The van der Waals surface area contributed by atoms with E-state index in [1.54, 1.807) is 18.9 Å². The van der Waals surface area contributed by atoms with E-state index < -0.39 is 0 Å². The molecule has 1 aliphatic carbocycles. The summed E-state index contributed by atoms with van der Waals surface area (Å²) in [7, 11) is 5.10. The molecule has 2 aliphatic rings. The lowest BCUT2D eigenvalue weighted by molar-refractivity contribution is 0.0852. The van der Waals surface area contributed by atoms with Crippen LogP contribution in [0.2, 0.25) is 0 Å². The number of hydrogen-bond donors (Lipinski definition) is 1. The summed E-state index contributed by atoms with van der Waals surface area (Å²) in [5, 5.41) is 7.43. The molecular formula is C19H23N3O4. The molecule has 1 aliphatic heterocycles. The van der Waals surface area contributed by atoms with Crippen molar-refractivity contribution in [1.82, 2.24) is 15.1 Å². The van der Waals surface area contributed by atoms with Crippen LogP contribution in [0.4, 0.5) is 0 Å². The quantitative estimate of drug-likeness (QED) is 0.755. The second-order valence-corrected chi connectivity index (χ2v) is 6.69. The first-order valence-corrected chi connectivity index (χ1v) is 8.83. The van der Waals surface area contributed by atoms with E-state index in [9.17, 15) is 4.79 Å². The summed E-state index contributed by atoms with van der Waals surface area (Å²) in [6, 6.07) is 3.93. The molecule has 2 aromatic rings. The van der Waals surface area contributed by atoms with Crippen molar-refractivity contribution in [3.8, 4) is 22.8 Å². The van der Waals surface area contributed by atoms with E-state index in [1.165, 1.54) is 0 Å². The van der Waals surface area contributed by atoms with Gasteiger partial charge >= 0.3 is 0 Å². The molecule has 7 nitrogen and oxygen atoms in total. The molecule has 26 heavy (non-hydrogen) atoms. The van der Waals surface area contributed by atoms with Crippen LogP contribution < -0.4 is 14.8 Å². The Morgan fingerprint density at radius 1 is 1.35 bits per heavy atom. The lowest BCUT2D eigenvalue weighted by Gasteiger charge is -2.11. The van der Waals surface area contributed by atoms with Gasteiger partial charge in [0, 0.05) is 37.7 Å². The van der Waals surface area contributed by atoms with Gasteiger partial charge in [-0.3, -0.25) is 9.48 Å².